The quantitative estimate of drug-likeness (QED) is 0.580. The first kappa shape index (κ1) is 19.8. The standard InChI is InChI=1S/C23H22FN3O3/c1-4-25-18-7-8-20(30-13(18)3)22-17(24)5-6-19-21(22)16(23(29)27-19)10-15-9-14(11-26-15)12(2)28/h5-6,8-11,13,26H,4,7H2,1-3H3,(H,27,29)/t13-/m1/s1. The number of ketones is 1. The van der Waals surface area contributed by atoms with Crippen molar-refractivity contribution in [2.75, 3.05) is 11.9 Å². The summed E-state index contributed by atoms with van der Waals surface area (Å²) in [5, 5.41) is 2.78. The average Bonchev–Trinajstić information content (AvgIpc) is 3.29. The van der Waals surface area contributed by atoms with Crippen LogP contribution in [0.15, 0.2) is 35.5 Å². The van der Waals surface area contributed by atoms with Crippen molar-refractivity contribution in [1.29, 1.82) is 0 Å². The maximum Gasteiger partial charge on any atom is 0.256 e. The van der Waals surface area contributed by atoms with Crippen LogP contribution >= 0.6 is 0 Å². The third-order valence-electron chi connectivity index (χ3n) is 5.21. The summed E-state index contributed by atoms with van der Waals surface area (Å²) >= 11 is 0. The molecule has 4 rings (SSSR count). The number of rotatable bonds is 4. The first-order valence-electron chi connectivity index (χ1n) is 9.84. The van der Waals surface area contributed by atoms with Gasteiger partial charge in [0.15, 0.2) is 5.78 Å². The molecule has 0 unspecified atom stereocenters. The van der Waals surface area contributed by atoms with Crippen molar-refractivity contribution in [3.8, 4) is 0 Å². The van der Waals surface area contributed by atoms with E-state index in [1.807, 2.05) is 13.8 Å². The van der Waals surface area contributed by atoms with Crippen LogP contribution in [0.5, 0.6) is 0 Å². The Morgan fingerprint density at radius 2 is 2.17 bits per heavy atom. The topological polar surface area (TPSA) is 83.5 Å². The highest BCUT2D eigenvalue weighted by Gasteiger charge is 2.32. The normalized spacial score (nSPS) is 20.7. The van der Waals surface area contributed by atoms with Gasteiger partial charge in [0, 0.05) is 36.0 Å². The molecule has 1 atom stereocenters. The molecule has 0 bridgehead atoms. The molecule has 0 saturated carbocycles. The number of amides is 1. The Kier molecular flexibility index (Phi) is 5.11. The second kappa shape index (κ2) is 7.74. The predicted molar refractivity (Wildman–Crippen MR) is 115 cm³/mol. The third-order valence-corrected chi connectivity index (χ3v) is 5.21. The van der Waals surface area contributed by atoms with E-state index in [9.17, 15) is 14.0 Å². The van der Waals surface area contributed by atoms with Crippen LogP contribution in [0.25, 0.3) is 17.4 Å². The lowest BCUT2D eigenvalue weighted by Gasteiger charge is -2.25. The van der Waals surface area contributed by atoms with Crippen LogP contribution < -0.4 is 5.32 Å². The third kappa shape index (κ3) is 3.47. The molecule has 3 heterocycles. The Balaban J connectivity index is 1.82. The molecular weight excluding hydrogens is 385 g/mol. The second-order valence-corrected chi connectivity index (χ2v) is 7.26. The number of hydrogen-bond acceptors (Lipinski definition) is 4. The van der Waals surface area contributed by atoms with Gasteiger partial charge in [0.05, 0.1) is 22.5 Å². The number of fused-ring (bicyclic) bond motifs is 1. The van der Waals surface area contributed by atoms with Crippen LogP contribution in [0.2, 0.25) is 0 Å². The van der Waals surface area contributed by atoms with Crippen molar-refractivity contribution >= 4 is 40.5 Å². The Labute approximate surface area is 173 Å². The molecule has 2 N–H and O–H groups in total. The van der Waals surface area contributed by atoms with Gasteiger partial charge in [-0.2, -0.15) is 0 Å². The number of allylic oxidation sites excluding steroid dienone is 1. The van der Waals surface area contributed by atoms with Crippen molar-refractivity contribution in [3.05, 3.63) is 58.7 Å². The largest absolute Gasteiger partial charge is 0.484 e. The number of aromatic amines is 1. The van der Waals surface area contributed by atoms with E-state index in [2.05, 4.69) is 15.3 Å². The number of benzene rings is 1. The van der Waals surface area contributed by atoms with Gasteiger partial charge in [-0.3, -0.25) is 14.6 Å². The maximum atomic E-state index is 15.0. The average molecular weight is 407 g/mol. The second-order valence-electron chi connectivity index (χ2n) is 7.26. The highest BCUT2D eigenvalue weighted by Crippen LogP contribution is 2.41. The first-order valence-corrected chi connectivity index (χ1v) is 9.84. The van der Waals surface area contributed by atoms with Crippen LogP contribution in [0.4, 0.5) is 10.1 Å². The van der Waals surface area contributed by atoms with Gasteiger partial charge in [-0.05, 0) is 51.1 Å². The fourth-order valence-corrected chi connectivity index (χ4v) is 3.72. The highest BCUT2D eigenvalue weighted by molar-refractivity contribution is 6.35. The summed E-state index contributed by atoms with van der Waals surface area (Å²) < 4.78 is 21.0. The summed E-state index contributed by atoms with van der Waals surface area (Å²) in [5.74, 6) is -0.502. The Morgan fingerprint density at radius 3 is 2.83 bits per heavy atom. The minimum absolute atomic E-state index is 0.0850. The molecule has 1 aromatic carbocycles. The van der Waals surface area contributed by atoms with Crippen molar-refractivity contribution in [2.45, 2.75) is 33.3 Å². The number of nitrogens with zero attached hydrogens (tertiary/aromatic N) is 1. The van der Waals surface area contributed by atoms with E-state index in [4.69, 9.17) is 4.74 Å². The van der Waals surface area contributed by atoms with E-state index in [-0.39, 0.29) is 23.4 Å². The van der Waals surface area contributed by atoms with Gasteiger partial charge >= 0.3 is 0 Å². The van der Waals surface area contributed by atoms with E-state index >= 15 is 0 Å². The molecule has 1 aromatic heterocycles. The fraction of sp³-hybridized carbons (Fsp3) is 0.261. The number of anilines is 1. The zero-order valence-corrected chi connectivity index (χ0v) is 17.0. The number of carbonyl (C=O) groups is 2. The summed E-state index contributed by atoms with van der Waals surface area (Å²) in [5.41, 5.74) is 3.52. The molecule has 0 aliphatic carbocycles. The summed E-state index contributed by atoms with van der Waals surface area (Å²) in [6.45, 7) is 5.96. The number of nitrogens with one attached hydrogen (secondary N) is 2. The van der Waals surface area contributed by atoms with E-state index in [0.717, 1.165) is 5.71 Å². The van der Waals surface area contributed by atoms with Crippen molar-refractivity contribution < 1.29 is 18.7 Å². The smallest absolute Gasteiger partial charge is 0.256 e. The van der Waals surface area contributed by atoms with Crippen LogP contribution in [-0.2, 0) is 9.53 Å². The number of H-pyrrole nitrogens is 1. The number of Topliss-reactive ketones (excluding diaryl/α,β-unsaturated/α-hetero) is 1. The van der Waals surface area contributed by atoms with E-state index in [1.165, 1.54) is 13.0 Å². The number of halogens is 1. The summed E-state index contributed by atoms with van der Waals surface area (Å²) in [6.07, 6.45) is 5.28. The van der Waals surface area contributed by atoms with Crippen LogP contribution in [0.3, 0.4) is 0 Å². The van der Waals surface area contributed by atoms with Gasteiger partial charge in [-0.25, -0.2) is 4.39 Å². The molecule has 2 aromatic rings. The number of aliphatic imine (C=N–C) groups is 1. The van der Waals surface area contributed by atoms with Crippen molar-refractivity contribution in [3.63, 3.8) is 0 Å². The maximum absolute atomic E-state index is 15.0. The Bertz CT molecular complexity index is 1140. The Hall–Kier alpha value is -3.48. The summed E-state index contributed by atoms with van der Waals surface area (Å²) in [7, 11) is 0. The van der Waals surface area contributed by atoms with Gasteiger partial charge in [0.25, 0.3) is 5.91 Å². The van der Waals surface area contributed by atoms with Crippen LogP contribution in [0, 0.1) is 5.82 Å². The van der Waals surface area contributed by atoms with Gasteiger partial charge in [-0.15, -0.1) is 0 Å². The molecule has 6 nitrogen and oxygen atoms in total. The summed E-state index contributed by atoms with van der Waals surface area (Å²) in [4.78, 5) is 31.6. The number of hydrogen-bond donors (Lipinski definition) is 2. The van der Waals surface area contributed by atoms with Crippen molar-refractivity contribution in [2.24, 2.45) is 4.99 Å². The van der Waals surface area contributed by atoms with Crippen LogP contribution in [-0.4, -0.2) is 35.0 Å². The predicted octanol–water partition coefficient (Wildman–Crippen LogP) is 4.46. The van der Waals surface area contributed by atoms with Crippen molar-refractivity contribution in [1.82, 2.24) is 4.98 Å². The zero-order chi connectivity index (χ0) is 21.4. The number of ether oxygens (including phenoxy) is 1. The lowest BCUT2D eigenvalue weighted by molar-refractivity contribution is -0.110. The number of carbonyl (C=O) groups excluding carboxylic acids is 2. The molecule has 2 aliphatic rings. The molecule has 0 radical (unpaired) electrons. The van der Waals surface area contributed by atoms with Gasteiger partial charge in [-0.1, -0.05) is 0 Å². The van der Waals surface area contributed by atoms with E-state index < -0.39 is 5.82 Å². The van der Waals surface area contributed by atoms with Crippen LogP contribution in [0.1, 0.15) is 54.4 Å². The molecule has 0 fully saturated rings. The lowest BCUT2D eigenvalue weighted by atomic mass is 9.95. The Morgan fingerprint density at radius 1 is 1.37 bits per heavy atom. The van der Waals surface area contributed by atoms with E-state index in [0.29, 0.717) is 46.8 Å². The van der Waals surface area contributed by atoms with Gasteiger partial charge in [0.1, 0.15) is 17.7 Å². The lowest BCUT2D eigenvalue weighted by Crippen LogP contribution is -2.24. The molecule has 0 spiro atoms. The minimum atomic E-state index is -0.471. The summed E-state index contributed by atoms with van der Waals surface area (Å²) in [6, 6.07) is 4.52. The molecule has 0 saturated heterocycles. The minimum Gasteiger partial charge on any atom is -0.484 e. The highest BCUT2D eigenvalue weighted by atomic mass is 19.1. The monoisotopic (exact) mass is 407 g/mol. The van der Waals surface area contributed by atoms with Gasteiger partial charge < -0.3 is 15.0 Å². The number of aromatic nitrogens is 1. The van der Waals surface area contributed by atoms with E-state index in [1.54, 1.807) is 30.5 Å². The fourth-order valence-electron chi connectivity index (χ4n) is 3.72. The SMILES string of the molecule is CCN=C1CC=C(c2c(F)ccc3c2C(=Cc2cc(C(C)=O)c[nH]2)C(=O)N3)O[C@@H]1C. The van der Waals surface area contributed by atoms with Gasteiger partial charge in [0.2, 0.25) is 0 Å². The first-order chi connectivity index (χ1) is 14.4. The molecule has 30 heavy (non-hydrogen) atoms. The molecule has 154 valence electrons. The molecular formula is C23H22FN3O3. The molecule has 7 heteroatoms. The molecule has 1 amide bonds. The zero-order valence-electron chi connectivity index (χ0n) is 17.0. The molecule has 2 aliphatic heterocycles.